The third kappa shape index (κ3) is 8.81. The molecule has 1 aromatic rings. The molecule has 0 amide bonds. The van der Waals surface area contributed by atoms with E-state index in [2.05, 4.69) is 0 Å². The molecule has 0 saturated heterocycles. The van der Waals surface area contributed by atoms with Crippen molar-refractivity contribution in [2.24, 2.45) is 0 Å². The molecule has 1 atom stereocenters. The summed E-state index contributed by atoms with van der Waals surface area (Å²) in [6.07, 6.45) is -0.507. The number of carbonyl (C=O) groups is 1. The van der Waals surface area contributed by atoms with Gasteiger partial charge in [0.25, 0.3) is 0 Å². The number of benzene rings is 1. The third-order valence-electron chi connectivity index (χ3n) is 2.00. The predicted molar refractivity (Wildman–Crippen MR) is 73.5 cm³/mol. The molecule has 1 aromatic carbocycles. The standard InChI is InChI=1S/C8H16O3.C7H5N/c1-5-10-7(4)8(9)11-6(2)3;8-6-7-4-2-1-3-5-7/h6-7H,5H2,1-4H3;1-5H. The van der Waals surface area contributed by atoms with E-state index >= 15 is 0 Å². The molecule has 4 heteroatoms. The minimum absolute atomic E-state index is 0.0644. The van der Waals surface area contributed by atoms with Crippen molar-refractivity contribution in [3.63, 3.8) is 0 Å². The van der Waals surface area contributed by atoms with Crippen LogP contribution in [0.15, 0.2) is 30.3 Å². The molecule has 1 rings (SSSR count). The molecule has 1 unspecified atom stereocenters. The molecule has 0 aliphatic rings. The summed E-state index contributed by atoms with van der Waals surface area (Å²) in [6, 6.07) is 11.2. The summed E-state index contributed by atoms with van der Waals surface area (Å²) in [5.41, 5.74) is 0.715. The Morgan fingerprint density at radius 2 is 1.84 bits per heavy atom. The number of carbonyl (C=O) groups excluding carboxylic acids is 1. The number of nitrogens with zero attached hydrogens (tertiary/aromatic N) is 1. The Balaban J connectivity index is 0.000000356. The van der Waals surface area contributed by atoms with Crippen LogP contribution >= 0.6 is 0 Å². The molecule has 0 aromatic heterocycles. The van der Waals surface area contributed by atoms with Crippen molar-refractivity contribution in [2.75, 3.05) is 6.61 Å². The first-order chi connectivity index (χ1) is 9.01. The number of hydrogen-bond acceptors (Lipinski definition) is 4. The molecule has 0 fully saturated rings. The molecule has 0 aliphatic carbocycles. The van der Waals surface area contributed by atoms with Gasteiger partial charge in [-0.15, -0.1) is 0 Å². The minimum Gasteiger partial charge on any atom is -0.461 e. The lowest BCUT2D eigenvalue weighted by molar-refractivity contribution is -0.159. The molecule has 4 nitrogen and oxygen atoms in total. The maximum absolute atomic E-state index is 11.0. The highest BCUT2D eigenvalue weighted by Crippen LogP contribution is 1.97. The monoisotopic (exact) mass is 263 g/mol. The lowest BCUT2D eigenvalue weighted by Gasteiger charge is -2.13. The van der Waals surface area contributed by atoms with Crippen molar-refractivity contribution >= 4 is 5.97 Å². The second kappa shape index (κ2) is 10.1. The van der Waals surface area contributed by atoms with E-state index in [9.17, 15) is 4.79 Å². The smallest absolute Gasteiger partial charge is 0.335 e. The summed E-state index contributed by atoms with van der Waals surface area (Å²) < 4.78 is 9.93. The molecule has 0 bridgehead atoms. The summed E-state index contributed by atoms with van der Waals surface area (Å²) in [5, 5.41) is 8.29. The van der Waals surface area contributed by atoms with Crippen molar-refractivity contribution in [2.45, 2.75) is 39.9 Å². The molecular formula is C15H21NO3. The zero-order valence-electron chi connectivity index (χ0n) is 11.9. The predicted octanol–water partition coefficient (Wildman–Crippen LogP) is 2.92. The van der Waals surface area contributed by atoms with Crippen molar-refractivity contribution in [3.8, 4) is 6.07 Å². The van der Waals surface area contributed by atoms with E-state index in [4.69, 9.17) is 14.7 Å². The lowest BCUT2D eigenvalue weighted by Crippen LogP contribution is -2.25. The Morgan fingerprint density at radius 1 is 1.26 bits per heavy atom. The summed E-state index contributed by atoms with van der Waals surface area (Å²) in [6.45, 7) is 7.70. The van der Waals surface area contributed by atoms with Gasteiger partial charge in [-0.25, -0.2) is 4.79 Å². The van der Waals surface area contributed by atoms with Gasteiger partial charge < -0.3 is 9.47 Å². The van der Waals surface area contributed by atoms with Crippen LogP contribution in [0.5, 0.6) is 0 Å². The number of nitriles is 1. The fourth-order valence-electron chi connectivity index (χ4n) is 1.16. The van der Waals surface area contributed by atoms with Crippen LogP contribution in [0, 0.1) is 11.3 Å². The van der Waals surface area contributed by atoms with E-state index < -0.39 is 6.10 Å². The number of rotatable bonds is 4. The van der Waals surface area contributed by atoms with Gasteiger partial charge in [-0.2, -0.15) is 5.26 Å². The van der Waals surface area contributed by atoms with Crippen molar-refractivity contribution < 1.29 is 14.3 Å². The zero-order valence-corrected chi connectivity index (χ0v) is 11.9. The fraction of sp³-hybridized carbons (Fsp3) is 0.467. The number of esters is 1. The van der Waals surface area contributed by atoms with Crippen molar-refractivity contribution in [1.82, 2.24) is 0 Å². The normalized spacial score (nSPS) is 10.9. The molecule has 0 N–H and O–H groups in total. The third-order valence-corrected chi connectivity index (χ3v) is 2.00. The van der Waals surface area contributed by atoms with Gasteiger partial charge in [0.2, 0.25) is 0 Å². The Morgan fingerprint density at radius 3 is 2.21 bits per heavy atom. The SMILES string of the molecule is CCOC(C)C(=O)OC(C)C.N#Cc1ccccc1. The highest BCUT2D eigenvalue weighted by molar-refractivity contribution is 5.74. The van der Waals surface area contributed by atoms with E-state index in [1.54, 1.807) is 19.1 Å². The molecule has 0 aliphatic heterocycles. The molecule has 19 heavy (non-hydrogen) atoms. The highest BCUT2D eigenvalue weighted by atomic mass is 16.6. The van der Waals surface area contributed by atoms with E-state index in [0.717, 1.165) is 0 Å². The summed E-state index contributed by atoms with van der Waals surface area (Å²) in [4.78, 5) is 11.0. The molecule has 0 spiro atoms. The quantitative estimate of drug-likeness (QED) is 0.784. The van der Waals surface area contributed by atoms with Gasteiger partial charge in [-0.1, -0.05) is 18.2 Å². The second-order valence-corrected chi connectivity index (χ2v) is 4.06. The Bertz CT molecular complexity index is 396. The van der Waals surface area contributed by atoms with Gasteiger partial charge in [0, 0.05) is 6.61 Å². The van der Waals surface area contributed by atoms with Crippen LogP contribution in [0.3, 0.4) is 0 Å². The van der Waals surface area contributed by atoms with Crippen LogP contribution in [0.4, 0.5) is 0 Å². The van der Waals surface area contributed by atoms with Crippen LogP contribution in [0.2, 0.25) is 0 Å². The van der Waals surface area contributed by atoms with Gasteiger partial charge in [0.1, 0.15) is 0 Å². The fourth-order valence-corrected chi connectivity index (χ4v) is 1.16. The first kappa shape index (κ1) is 17.1. The number of ether oxygens (including phenoxy) is 2. The summed E-state index contributed by atoms with van der Waals surface area (Å²) >= 11 is 0. The Hall–Kier alpha value is -1.86. The zero-order chi connectivity index (χ0) is 14.7. The van der Waals surface area contributed by atoms with Crippen molar-refractivity contribution in [3.05, 3.63) is 35.9 Å². The van der Waals surface area contributed by atoms with E-state index in [1.165, 1.54) is 0 Å². The topological polar surface area (TPSA) is 59.3 Å². The first-order valence-corrected chi connectivity index (χ1v) is 6.28. The average Bonchev–Trinajstić information content (AvgIpc) is 2.40. The van der Waals surface area contributed by atoms with Gasteiger partial charge in [-0.05, 0) is 39.8 Å². The van der Waals surface area contributed by atoms with E-state index in [0.29, 0.717) is 12.2 Å². The molecular weight excluding hydrogens is 242 g/mol. The summed E-state index contributed by atoms with van der Waals surface area (Å²) in [5.74, 6) is -0.290. The van der Waals surface area contributed by atoms with Crippen molar-refractivity contribution in [1.29, 1.82) is 5.26 Å². The van der Waals surface area contributed by atoms with Gasteiger partial charge >= 0.3 is 5.97 Å². The van der Waals surface area contributed by atoms with Crippen LogP contribution in [-0.2, 0) is 14.3 Å². The maximum atomic E-state index is 11.0. The largest absolute Gasteiger partial charge is 0.461 e. The van der Waals surface area contributed by atoms with Gasteiger partial charge in [0.15, 0.2) is 6.10 Å². The Kier molecular flexibility index (Phi) is 9.11. The molecule has 0 radical (unpaired) electrons. The Labute approximate surface area is 115 Å². The van der Waals surface area contributed by atoms with Gasteiger partial charge in [-0.3, -0.25) is 0 Å². The summed E-state index contributed by atoms with van der Waals surface area (Å²) in [7, 11) is 0. The van der Waals surface area contributed by atoms with Gasteiger partial charge in [0.05, 0.1) is 17.7 Å². The highest BCUT2D eigenvalue weighted by Gasteiger charge is 2.14. The first-order valence-electron chi connectivity index (χ1n) is 6.28. The van der Waals surface area contributed by atoms with Crippen LogP contribution in [-0.4, -0.2) is 24.8 Å². The maximum Gasteiger partial charge on any atom is 0.335 e. The average molecular weight is 263 g/mol. The number of hydrogen-bond donors (Lipinski definition) is 0. The molecule has 0 saturated carbocycles. The van der Waals surface area contributed by atoms with Crippen LogP contribution < -0.4 is 0 Å². The second-order valence-electron chi connectivity index (χ2n) is 4.06. The minimum atomic E-state index is -0.442. The van der Waals surface area contributed by atoms with E-state index in [1.807, 2.05) is 45.0 Å². The van der Waals surface area contributed by atoms with E-state index in [-0.39, 0.29) is 12.1 Å². The molecule has 0 heterocycles. The molecule has 104 valence electrons. The lowest BCUT2D eigenvalue weighted by atomic mass is 10.2. The van der Waals surface area contributed by atoms with Crippen LogP contribution in [0.1, 0.15) is 33.3 Å². The van der Waals surface area contributed by atoms with Crippen LogP contribution in [0.25, 0.3) is 0 Å².